The summed E-state index contributed by atoms with van der Waals surface area (Å²) in [5.41, 5.74) is 4.15. The van der Waals surface area contributed by atoms with E-state index in [9.17, 15) is 4.79 Å². The van der Waals surface area contributed by atoms with Gasteiger partial charge in [0, 0.05) is 5.56 Å². The molecule has 2 nitrogen and oxygen atoms in total. The van der Waals surface area contributed by atoms with E-state index in [1.165, 1.54) is 24.8 Å². The molecule has 0 aromatic heterocycles. The molecule has 20 heavy (non-hydrogen) atoms. The molecule has 0 amide bonds. The molecule has 0 bridgehead atoms. The standard InChI is InChI=1S/C18H18O2/c1-20-17-8-9-18(16(11-17)12-19)15-7-3-6-14(10-15)13-4-2-5-13/h3,6-13H,2,4-5H2,1H3. The van der Waals surface area contributed by atoms with Crippen molar-refractivity contribution >= 4 is 6.29 Å². The third kappa shape index (κ3) is 2.34. The average molecular weight is 266 g/mol. The van der Waals surface area contributed by atoms with Crippen LogP contribution >= 0.6 is 0 Å². The van der Waals surface area contributed by atoms with Crippen molar-refractivity contribution in [2.45, 2.75) is 25.2 Å². The van der Waals surface area contributed by atoms with Crippen molar-refractivity contribution in [2.24, 2.45) is 0 Å². The highest BCUT2D eigenvalue weighted by Gasteiger charge is 2.19. The molecule has 102 valence electrons. The number of hydrogen-bond acceptors (Lipinski definition) is 2. The smallest absolute Gasteiger partial charge is 0.150 e. The third-order valence-corrected chi connectivity index (χ3v) is 4.16. The second kappa shape index (κ2) is 5.49. The van der Waals surface area contributed by atoms with Gasteiger partial charge in [0.05, 0.1) is 7.11 Å². The monoisotopic (exact) mass is 266 g/mol. The van der Waals surface area contributed by atoms with Crippen LogP contribution in [0.4, 0.5) is 0 Å². The molecular formula is C18H18O2. The first-order chi connectivity index (χ1) is 9.81. The zero-order chi connectivity index (χ0) is 13.9. The number of rotatable bonds is 4. The highest BCUT2D eigenvalue weighted by molar-refractivity contribution is 5.88. The molecule has 2 aromatic rings. The molecule has 0 radical (unpaired) electrons. The molecule has 0 heterocycles. The minimum absolute atomic E-state index is 0.676. The summed E-state index contributed by atoms with van der Waals surface area (Å²) in [5.74, 6) is 1.42. The van der Waals surface area contributed by atoms with Crippen molar-refractivity contribution in [3.05, 3.63) is 53.6 Å². The summed E-state index contributed by atoms with van der Waals surface area (Å²) in [5, 5.41) is 0. The maximum atomic E-state index is 11.3. The quantitative estimate of drug-likeness (QED) is 0.765. The molecule has 0 N–H and O–H groups in total. The van der Waals surface area contributed by atoms with Crippen LogP contribution < -0.4 is 4.74 Å². The number of aldehydes is 1. The summed E-state index contributed by atoms with van der Waals surface area (Å²) in [6.07, 6.45) is 4.80. The van der Waals surface area contributed by atoms with Crippen LogP contribution in [0.5, 0.6) is 5.75 Å². The van der Waals surface area contributed by atoms with Crippen LogP contribution in [0.1, 0.15) is 41.1 Å². The van der Waals surface area contributed by atoms with Crippen LogP contribution in [-0.4, -0.2) is 13.4 Å². The maximum Gasteiger partial charge on any atom is 0.150 e. The van der Waals surface area contributed by atoms with Crippen molar-refractivity contribution < 1.29 is 9.53 Å². The number of carbonyl (C=O) groups excluding carboxylic acids is 1. The van der Waals surface area contributed by atoms with Gasteiger partial charge in [0.1, 0.15) is 5.75 Å². The first kappa shape index (κ1) is 12.9. The molecule has 0 spiro atoms. The Bertz CT molecular complexity index is 627. The van der Waals surface area contributed by atoms with Crippen LogP contribution in [-0.2, 0) is 0 Å². The van der Waals surface area contributed by atoms with E-state index in [4.69, 9.17) is 4.74 Å². The lowest BCUT2D eigenvalue weighted by molar-refractivity contribution is 0.112. The molecule has 0 saturated heterocycles. The van der Waals surface area contributed by atoms with E-state index < -0.39 is 0 Å². The second-order valence-electron chi connectivity index (χ2n) is 5.32. The Labute approximate surface area is 119 Å². The summed E-state index contributed by atoms with van der Waals surface area (Å²) >= 11 is 0. The van der Waals surface area contributed by atoms with Gasteiger partial charge in [-0.1, -0.05) is 30.7 Å². The zero-order valence-corrected chi connectivity index (χ0v) is 11.6. The van der Waals surface area contributed by atoms with Crippen molar-refractivity contribution in [3.63, 3.8) is 0 Å². The Kier molecular flexibility index (Phi) is 3.55. The first-order valence-corrected chi connectivity index (χ1v) is 7.05. The second-order valence-corrected chi connectivity index (χ2v) is 5.32. The normalized spacial score (nSPS) is 14.7. The van der Waals surface area contributed by atoms with Crippen LogP contribution in [0, 0.1) is 0 Å². The molecule has 3 rings (SSSR count). The maximum absolute atomic E-state index is 11.3. The Balaban J connectivity index is 2.01. The van der Waals surface area contributed by atoms with Gasteiger partial charge in [-0.25, -0.2) is 0 Å². The van der Waals surface area contributed by atoms with Crippen LogP contribution in [0.3, 0.4) is 0 Å². The fourth-order valence-electron chi connectivity index (χ4n) is 2.73. The fraction of sp³-hybridized carbons (Fsp3) is 0.278. The topological polar surface area (TPSA) is 26.3 Å². The average Bonchev–Trinajstić information content (AvgIpc) is 2.45. The van der Waals surface area contributed by atoms with Crippen LogP contribution in [0.25, 0.3) is 11.1 Å². The van der Waals surface area contributed by atoms with Crippen molar-refractivity contribution in [1.29, 1.82) is 0 Å². The van der Waals surface area contributed by atoms with Gasteiger partial charge in [-0.3, -0.25) is 4.79 Å². The van der Waals surface area contributed by atoms with Gasteiger partial charge in [0.15, 0.2) is 6.29 Å². The third-order valence-electron chi connectivity index (χ3n) is 4.16. The summed E-state index contributed by atoms with van der Waals surface area (Å²) in [7, 11) is 1.61. The molecule has 1 aliphatic carbocycles. The molecular weight excluding hydrogens is 248 g/mol. The molecule has 0 unspecified atom stereocenters. The summed E-state index contributed by atoms with van der Waals surface area (Å²) < 4.78 is 5.18. The van der Waals surface area contributed by atoms with Crippen LogP contribution in [0.15, 0.2) is 42.5 Å². The van der Waals surface area contributed by atoms with Gasteiger partial charge in [0.2, 0.25) is 0 Å². The number of carbonyl (C=O) groups is 1. The van der Waals surface area contributed by atoms with Crippen molar-refractivity contribution in [1.82, 2.24) is 0 Å². The molecule has 0 aliphatic heterocycles. The Morgan fingerprint density at radius 2 is 2.00 bits per heavy atom. The van der Waals surface area contributed by atoms with Gasteiger partial charge < -0.3 is 4.74 Å². The molecule has 1 fully saturated rings. The lowest BCUT2D eigenvalue weighted by Gasteiger charge is -2.26. The lowest BCUT2D eigenvalue weighted by Crippen LogP contribution is -2.08. The lowest BCUT2D eigenvalue weighted by atomic mass is 9.79. The predicted molar refractivity (Wildman–Crippen MR) is 80.4 cm³/mol. The van der Waals surface area contributed by atoms with E-state index in [-0.39, 0.29) is 0 Å². The van der Waals surface area contributed by atoms with Crippen LogP contribution in [0.2, 0.25) is 0 Å². The first-order valence-electron chi connectivity index (χ1n) is 7.05. The molecule has 2 aromatic carbocycles. The molecule has 1 saturated carbocycles. The number of ether oxygens (including phenoxy) is 1. The minimum atomic E-state index is 0.676. The minimum Gasteiger partial charge on any atom is -0.497 e. The number of methoxy groups -OCH3 is 1. The molecule has 1 aliphatic rings. The number of hydrogen-bond donors (Lipinski definition) is 0. The van der Waals surface area contributed by atoms with E-state index in [1.54, 1.807) is 13.2 Å². The Hall–Kier alpha value is -2.09. The van der Waals surface area contributed by atoms with E-state index >= 15 is 0 Å². The van der Waals surface area contributed by atoms with Gasteiger partial charge in [-0.2, -0.15) is 0 Å². The Morgan fingerprint density at radius 1 is 1.15 bits per heavy atom. The Morgan fingerprint density at radius 3 is 2.65 bits per heavy atom. The highest BCUT2D eigenvalue weighted by atomic mass is 16.5. The van der Waals surface area contributed by atoms with Gasteiger partial charge in [-0.05, 0) is 53.6 Å². The molecule has 2 heteroatoms. The van der Waals surface area contributed by atoms with E-state index in [1.807, 2.05) is 12.1 Å². The van der Waals surface area contributed by atoms with E-state index in [0.717, 1.165) is 17.4 Å². The SMILES string of the molecule is COc1ccc(-c2cccc(C3CCC3)c2)c(C=O)c1. The summed E-state index contributed by atoms with van der Waals surface area (Å²) in [4.78, 5) is 11.3. The van der Waals surface area contributed by atoms with E-state index in [2.05, 4.69) is 24.3 Å². The van der Waals surface area contributed by atoms with Gasteiger partial charge in [0.25, 0.3) is 0 Å². The zero-order valence-electron chi connectivity index (χ0n) is 11.6. The largest absolute Gasteiger partial charge is 0.497 e. The highest BCUT2D eigenvalue weighted by Crippen LogP contribution is 2.38. The summed E-state index contributed by atoms with van der Waals surface area (Å²) in [6.45, 7) is 0. The van der Waals surface area contributed by atoms with E-state index in [0.29, 0.717) is 17.2 Å². The van der Waals surface area contributed by atoms with Gasteiger partial charge >= 0.3 is 0 Å². The van der Waals surface area contributed by atoms with Crippen molar-refractivity contribution in [2.75, 3.05) is 7.11 Å². The number of benzene rings is 2. The fourth-order valence-corrected chi connectivity index (χ4v) is 2.73. The van der Waals surface area contributed by atoms with Gasteiger partial charge in [-0.15, -0.1) is 0 Å². The predicted octanol–water partition coefficient (Wildman–Crippen LogP) is 4.44. The molecule has 0 atom stereocenters. The summed E-state index contributed by atoms with van der Waals surface area (Å²) in [6, 6.07) is 14.2. The van der Waals surface area contributed by atoms with Crippen molar-refractivity contribution in [3.8, 4) is 16.9 Å².